The molecule has 3 amide bonds. The van der Waals surface area contributed by atoms with Gasteiger partial charge in [-0.1, -0.05) is 36.4 Å². The van der Waals surface area contributed by atoms with Crippen LogP contribution in [0.4, 0.5) is 5.69 Å². The van der Waals surface area contributed by atoms with Crippen molar-refractivity contribution in [1.82, 2.24) is 4.90 Å². The van der Waals surface area contributed by atoms with Gasteiger partial charge in [0.05, 0.1) is 22.4 Å². The third-order valence-corrected chi connectivity index (χ3v) is 5.97. The smallest absolute Gasteiger partial charge is 0.338 e. The lowest BCUT2D eigenvalue weighted by atomic mass is 10.00. The van der Waals surface area contributed by atoms with Crippen LogP contribution in [0.2, 0.25) is 0 Å². The van der Waals surface area contributed by atoms with Crippen LogP contribution in [0.3, 0.4) is 0 Å². The van der Waals surface area contributed by atoms with E-state index in [1.54, 1.807) is 29.2 Å². The molecule has 33 heavy (non-hydrogen) atoms. The van der Waals surface area contributed by atoms with Gasteiger partial charge in [0.25, 0.3) is 17.7 Å². The van der Waals surface area contributed by atoms with Gasteiger partial charge in [0.15, 0.2) is 6.61 Å². The van der Waals surface area contributed by atoms with Gasteiger partial charge < -0.3 is 9.64 Å². The van der Waals surface area contributed by atoms with E-state index in [2.05, 4.69) is 6.07 Å². The molecule has 0 saturated carbocycles. The minimum absolute atomic E-state index is 0.229. The number of imide groups is 1. The average molecular weight is 440 g/mol. The van der Waals surface area contributed by atoms with Gasteiger partial charge in [-0.25, -0.2) is 9.69 Å². The van der Waals surface area contributed by atoms with Crippen molar-refractivity contribution in [3.05, 3.63) is 101 Å². The van der Waals surface area contributed by atoms with E-state index < -0.39 is 17.8 Å². The molecule has 0 aliphatic carbocycles. The summed E-state index contributed by atoms with van der Waals surface area (Å²) in [5, 5.41) is 0. The van der Waals surface area contributed by atoms with Gasteiger partial charge in [-0.15, -0.1) is 0 Å². The first-order chi connectivity index (χ1) is 16.0. The van der Waals surface area contributed by atoms with Gasteiger partial charge in [0, 0.05) is 13.1 Å². The summed E-state index contributed by atoms with van der Waals surface area (Å²) in [5.41, 5.74) is 3.63. The second-order valence-corrected chi connectivity index (χ2v) is 7.95. The Bertz CT molecular complexity index is 1250. The molecular formula is C26H20N2O5. The minimum Gasteiger partial charge on any atom is -0.452 e. The number of carbonyl (C=O) groups excluding carboxylic acids is 4. The van der Waals surface area contributed by atoms with E-state index in [9.17, 15) is 19.2 Å². The SMILES string of the molecule is O=C(OCC(=O)N1CCc2ccccc2C1)c1ccc(N2C(=O)c3ccccc3C2=O)cc1. The van der Waals surface area contributed by atoms with E-state index in [1.807, 2.05) is 18.2 Å². The summed E-state index contributed by atoms with van der Waals surface area (Å²) in [6, 6.07) is 20.6. The molecule has 0 atom stereocenters. The highest BCUT2D eigenvalue weighted by Gasteiger charge is 2.36. The van der Waals surface area contributed by atoms with E-state index in [0.717, 1.165) is 16.9 Å². The average Bonchev–Trinajstić information content (AvgIpc) is 3.12. The first-order valence-electron chi connectivity index (χ1n) is 10.6. The topological polar surface area (TPSA) is 84.0 Å². The first kappa shape index (κ1) is 20.6. The van der Waals surface area contributed by atoms with Gasteiger partial charge in [0.2, 0.25) is 0 Å². The predicted molar refractivity (Wildman–Crippen MR) is 120 cm³/mol. The number of carbonyl (C=O) groups is 4. The first-order valence-corrected chi connectivity index (χ1v) is 10.6. The Hall–Kier alpha value is -4.26. The maximum Gasteiger partial charge on any atom is 0.338 e. The molecule has 7 nitrogen and oxygen atoms in total. The molecule has 0 bridgehead atoms. The Morgan fingerprint density at radius 2 is 1.39 bits per heavy atom. The van der Waals surface area contributed by atoms with Crippen molar-refractivity contribution in [2.24, 2.45) is 0 Å². The van der Waals surface area contributed by atoms with Gasteiger partial charge in [-0.05, 0) is 53.9 Å². The molecule has 0 unspecified atom stereocenters. The number of hydrogen-bond acceptors (Lipinski definition) is 5. The summed E-state index contributed by atoms with van der Waals surface area (Å²) in [7, 11) is 0. The monoisotopic (exact) mass is 440 g/mol. The fourth-order valence-electron chi connectivity index (χ4n) is 4.18. The molecule has 2 heterocycles. The maximum atomic E-state index is 12.6. The zero-order chi connectivity index (χ0) is 22.9. The molecule has 0 saturated heterocycles. The predicted octanol–water partition coefficient (Wildman–Crippen LogP) is 3.23. The molecule has 0 aromatic heterocycles. The maximum absolute atomic E-state index is 12.6. The molecule has 2 aliphatic rings. The van der Waals surface area contributed by atoms with E-state index >= 15 is 0 Å². The Balaban J connectivity index is 1.21. The van der Waals surface area contributed by atoms with Crippen LogP contribution in [0.1, 0.15) is 42.2 Å². The van der Waals surface area contributed by atoms with Crippen LogP contribution < -0.4 is 4.90 Å². The summed E-state index contributed by atoms with van der Waals surface area (Å²) in [6.07, 6.45) is 0.773. The normalized spacial score (nSPS) is 14.7. The molecule has 164 valence electrons. The van der Waals surface area contributed by atoms with E-state index in [4.69, 9.17) is 4.74 Å². The summed E-state index contributed by atoms with van der Waals surface area (Å²) in [6.45, 7) is 0.741. The Morgan fingerprint density at radius 3 is 2.06 bits per heavy atom. The number of esters is 1. The zero-order valence-corrected chi connectivity index (χ0v) is 17.7. The lowest BCUT2D eigenvalue weighted by Crippen LogP contribution is -2.38. The standard InChI is InChI=1S/C26H20N2O5/c29-23(27-14-13-17-5-1-2-6-19(17)15-27)16-33-26(32)18-9-11-20(12-10-18)28-24(30)21-7-3-4-8-22(21)25(28)31/h1-12H,13-16H2. The minimum atomic E-state index is -0.644. The fraction of sp³-hybridized carbons (Fsp3) is 0.154. The van der Waals surface area contributed by atoms with Gasteiger partial charge in [0.1, 0.15) is 0 Å². The number of hydrogen-bond donors (Lipinski definition) is 0. The molecule has 7 heteroatoms. The highest BCUT2D eigenvalue weighted by molar-refractivity contribution is 6.34. The quantitative estimate of drug-likeness (QED) is 0.460. The lowest BCUT2D eigenvalue weighted by molar-refractivity contribution is -0.135. The molecule has 2 aliphatic heterocycles. The van der Waals surface area contributed by atoms with Crippen molar-refractivity contribution in [1.29, 1.82) is 0 Å². The summed E-state index contributed by atoms with van der Waals surface area (Å²) >= 11 is 0. The van der Waals surface area contributed by atoms with Gasteiger partial charge in [-0.2, -0.15) is 0 Å². The van der Waals surface area contributed by atoms with Crippen molar-refractivity contribution >= 4 is 29.4 Å². The molecule has 5 rings (SSSR count). The van der Waals surface area contributed by atoms with Crippen LogP contribution >= 0.6 is 0 Å². The molecule has 3 aromatic carbocycles. The largest absolute Gasteiger partial charge is 0.452 e. The van der Waals surface area contributed by atoms with E-state index in [-0.39, 0.29) is 18.1 Å². The highest BCUT2D eigenvalue weighted by Crippen LogP contribution is 2.28. The Morgan fingerprint density at radius 1 is 0.788 bits per heavy atom. The fourth-order valence-corrected chi connectivity index (χ4v) is 4.18. The van der Waals surface area contributed by atoms with Crippen LogP contribution in [-0.4, -0.2) is 41.7 Å². The molecule has 0 spiro atoms. The number of anilines is 1. The molecule has 0 radical (unpaired) electrons. The van der Waals surface area contributed by atoms with E-state index in [1.165, 1.54) is 29.8 Å². The number of amides is 3. The molecule has 3 aromatic rings. The van der Waals surface area contributed by atoms with Crippen LogP contribution in [0.5, 0.6) is 0 Å². The van der Waals surface area contributed by atoms with E-state index in [0.29, 0.717) is 29.9 Å². The van der Waals surface area contributed by atoms with Crippen LogP contribution in [-0.2, 0) is 22.5 Å². The Kier molecular flexibility index (Phi) is 5.22. The highest BCUT2D eigenvalue weighted by atomic mass is 16.5. The summed E-state index contributed by atoms with van der Waals surface area (Å²) in [5.74, 6) is -1.70. The molecular weight excluding hydrogens is 420 g/mol. The zero-order valence-electron chi connectivity index (χ0n) is 17.7. The molecule has 0 N–H and O–H groups in total. The number of rotatable bonds is 4. The summed E-state index contributed by atoms with van der Waals surface area (Å²) in [4.78, 5) is 52.9. The van der Waals surface area contributed by atoms with Gasteiger partial charge >= 0.3 is 5.97 Å². The lowest BCUT2D eigenvalue weighted by Gasteiger charge is -2.28. The Labute approximate surface area is 190 Å². The molecule has 0 fully saturated rings. The van der Waals surface area contributed by atoms with Crippen molar-refractivity contribution in [3.8, 4) is 0 Å². The van der Waals surface area contributed by atoms with Crippen molar-refractivity contribution in [3.63, 3.8) is 0 Å². The van der Waals surface area contributed by atoms with Crippen LogP contribution in [0.15, 0.2) is 72.8 Å². The second kappa shape index (κ2) is 8.35. The third-order valence-electron chi connectivity index (χ3n) is 5.97. The van der Waals surface area contributed by atoms with Crippen LogP contribution in [0.25, 0.3) is 0 Å². The van der Waals surface area contributed by atoms with Crippen molar-refractivity contribution in [2.75, 3.05) is 18.1 Å². The second-order valence-electron chi connectivity index (χ2n) is 7.95. The van der Waals surface area contributed by atoms with Crippen molar-refractivity contribution < 1.29 is 23.9 Å². The van der Waals surface area contributed by atoms with Crippen molar-refractivity contribution in [2.45, 2.75) is 13.0 Å². The summed E-state index contributed by atoms with van der Waals surface area (Å²) < 4.78 is 5.21. The van der Waals surface area contributed by atoms with Gasteiger partial charge in [-0.3, -0.25) is 14.4 Å². The number of fused-ring (bicyclic) bond motifs is 2. The van der Waals surface area contributed by atoms with Crippen LogP contribution in [0, 0.1) is 0 Å². The third kappa shape index (κ3) is 3.78. The number of nitrogens with zero attached hydrogens (tertiary/aromatic N) is 2. The number of ether oxygens (including phenoxy) is 1. The number of benzene rings is 3.